The molecule has 1 rings (SSSR count). The van der Waals surface area contributed by atoms with E-state index in [2.05, 4.69) is 15.9 Å². The molecular weight excluding hydrogens is 262 g/mol. The number of hydrogen-bond donors (Lipinski definition) is 0. The topological polar surface area (TPSA) is 47.2 Å². The van der Waals surface area contributed by atoms with Crippen LogP contribution in [0.4, 0.5) is 0 Å². The number of nitrogens with zero attached hydrogens (tertiary/aromatic N) is 3. The van der Waals surface area contributed by atoms with Gasteiger partial charge in [-0.05, 0) is 36.9 Å². The molecular formula is C9H14BrN3O2. The fourth-order valence-electron chi connectivity index (χ4n) is 1.24. The fraction of sp³-hybridized carbons (Fsp3) is 0.556. The Bertz CT molecular complexity index is 450. The van der Waals surface area contributed by atoms with Gasteiger partial charge in [0.05, 0.1) is 6.67 Å². The normalized spacial score (nSPS) is 11.1. The van der Waals surface area contributed by atoms with Crippen LogP contribution in [0.2, 0.25) is 0 Å². The largest absolute Gasteiger partial charge is 0.332 e. The van der Waals surface area contributed by atoms with Gasteiger partial charge in [-0.3, -0.25) is 14.3 Å². The Morgan fingerprint density at radius 1 is 1.33 bits per heavy atom. The number of aromatic nitrogens is 2. The molecule has 0 aromatic carbocycles. The molecule has 0 saturated carbocycles. The summed E-state index contributed by atoms with van der Waals surface area (Å²) in [5, 5.41) is 0. The number of hydrogen-bond acceptors (Lipinski definition) is 3. The van der Waals surface area contributed by atoms with Crippen molar-refractivity contribution < 1.29 is 0 Å². The molecule has 0 aliphatic heterocycles. The first-order chi connectivity index (χ1) is 6.86. The first kappa shape index (κ1) is 12.2. The van der Waals surface area contributed by atoms with Crippen molar-refractivity contribution in [3.05, 3.63) is 31.0 Å². The molecule has 0 saturated heterocycles. The summed E-state index contributed by atoms with van der Waals surface area (Å²) in [6, 6.07) is 0. The molecule has 0 unspecified atom stereocenters. The molecule has 0 aliphatic carbocycles. The monoisotopic (exact) mass is 275 g/mol. The van der Waals surface area contributed by atoms with Crippen LogP contribution in [0, 0.1) is 6.92 Å². The Morgan fingerprint density at radius 2 is 1.87 bits per heavy atom. The maximum Gasteiger partial charge on any atom is 0.332 e. The van der Waals surface area contributed by atoms with Gasteiger partial charge < -0.3 is 0 Å². The van der Waals surface area contributed by atoms with Crippen molar-refractivity contribution in [2.45, 2.75) is 13.6 Å². The van der Waals surface area contributed by atoms with Crippen LogP contribution in [0.15, 0.2) is 14.1 Å². The highest BCUT2D eigenvalue weighted by molar-refractivity contribution is 9.10. The van der Waals surface area contributed by atoms with Gasteiger partial charge in [0.1, 0.15) is 4.47 Å². The lowest BCUT2D eigenvalue weighted by molar-refractivity contribution is 0.308. The van der Waals surface area contributed by atoms with Crippen molar-refractivity contribution in [3.8, 4) is 0 Å². The summed E-state index contributed by atoms with van der Waals surface area (Å²) >= 11 is 3.19. The fourth-order valence-corrected chi connectivity index (χ4v) is 1.72. The summed E-state index contributed by atoms with van der Waals surface area (Å²) in [5.74, 6) is 0. The highest BCUT2D eigenvalue weighted by Gasteiger charge is 2.12. The molecule has 0 amide bonds. The maximum atomic E-state index is 11.8. The summed E-state index contributed by atoms with van der Waals surface area (Å²) < 4.78 is 3.08. The second-order valence-corrected chi connectivity index (χ2v) is 4.49. The van der Waals surface area contributed by atoms with Gasteiger partial charge in [0.2, 0.25) is 0 Å². The predicted octanol–water partition coefficient (Wildman–Crippen LogP) is 0.137. The zero-order chi connectivity index (χ0) is 11.7. The van der Waals surface area contributed by atoms with E-state index in [1.807, 2.05) is 0 Å². The van der Waals surface area contributed by atoms with Crippen LogP contribution in [-0.2, 0) is 13.7 Å². The molecule has 0 N–H and O–H groups in total. The Hall–Kier alpha value is -0.880. The lowest BCUT2D eigenvalue weighted by atomic mass is 10.4. The van der Waals surface area contributed by atoms with E-state index in [1.54, 1.807) is 33.0 Å². The van der Waals surface area contributed by atoms with Gasteiger partial charge in [-0.25, -0.2) is 9.36 Å². The molecule has 1 aromatic heterocycles. The third kappa shape index (κ3) is 2.21. The van der Waals surface area contributed by atoms with E-state index in [1.165, 1.54) is 9.13 Å². The van der Waals surface area contributed by atoms with Crippen molar-refractivity contribution in [1.29, 1.82) is 0 Å². The van der Waals surface area contributed by atoms with E-state index < -0.39 is 0 Å². The van der Waals surface area contributed by atoms with Crippen LogP contribution in [0.25, 0.3) is 0 Å². The van der Waals surface area contributed by atoms with Crippen molar-refractivity contribution in [3.63, 3.8) is 0 Å². The molecule has 6 heteroatoms. The second kappa shape index (κ2) is 4.32. The summed E-state index contributed by atoms with van der Waals surface area (Å²) in [5.41, 5.74) is 0.0544. The van der Waals surface area contributed by atoms with Gasteiger partial charge in [0.15, 0.2) is 0 Å². The molecule has 0 bridgehead atoms. The zero-order valence-electron chi connectivity index (χ0n) is 9.24. The summed E-state index contributed by atoms with van der Waals surface area (Å²) in [6.45, 7) is 2.01. The van der Waals surface area contributed by atoms with Gasteiger partial charge in [0, 0.05) is 12.7 Å². The Balaban J connectivity index is 3.54. The van der Waals surface area contributed by atoms with Gasteiger partial charge in [0.25, 0.3) is 5.56 Å². The van der Waals surface area contributed by atoms with E-state index >= 15 is 0 Å². The second-order valence-electron chi connectivity index (χ2n) is 3.70. The predicted molar refractivity (Wildman–Crippen MR) is 62.1 cm³/mol. The number of halogens is 1. The van der Waals surface area contributed by atoms with Crippen molar-refractivity contribution >= 4 is 15.9 Å². The van der Waals surface area contributed by atoms with Crippen LogP contribution in [0.1, 0.15) is 5.69 Å². The van der Waals surface area contributed by atoms with Crippen LogP contribution in [-0.4, -0.2) is 28.1 Å². The molecule has 0 aliphatic rings. The Morgan fingerprint density at radius 3 is 2.33 bits per heavy atom. The van der Waals surface area contributed by atoms with Gasteiger partial charge >= 0.3 is 5.69 Å². The molecule has 15 heavy (non-hydrogen) atoms. The summed E-state index contributed by atoms with van der Waals surface area (Å²) in [7, 11) is 5.26. The molecule has 0 spiro atoms. The molecule has 0 radical (unpaired) electrons. The van der Waals surface area contributed by atoms with Crippen LogP contribution >= 0.6 is 15.9 Å². The lowest BCUT2D eigenvalue weighted by Crippen LogP contribution is -2.43. The van der Waals surface area contributed by atoms with Gasteiger partial charge in [-0.15, -0.1) is 0 Å². The highest BCUT2D eigenvalue weighted by atomic mass is 79.9. The Kier molecular flexibility index (Phi) is 3.51. The SMILES string of the molecule is Cc1c(Br)c(=O)n(CN(C)C)c(=O)n1C. The quantitative estimate of drug-likeness (QED) is 0.772. The molecule has 5 nitrogen and oxygen atoms in total. The summed E-state index contributed by atoms with van der Waals surface area (Å²) in [4.78, 5) is 25.3. The molecule has 1 aromatic rings. The van der Waals surface area contributed by atoms with Gasteiger partial charge in [-0.1, -0.05) is 0 Å². The average Bonchev–Trinajstić information content (AvgIpc) is 2.18. The molecule has 84 valence electrons. The van der Waals surface area contributed by atoms with E-state index in [0.717, 1.165) is 0 Å². The minimum Gasteiger partial charge on any atom is -0.300 e. The third-order valence-electron chi connectivity index (χ3n) is 2.20. The van der Waals surface area contributed by atoms with Crippen LogP contribution in [0.3, 0.4) is 0 Å². The molecule has 0 atom stereocenters. The van der Waals surface area contributed by atoms with Gasteiger partial charge in [-0.2, -0.15) is 0 Å². The van der Waals surface area contributed by atoms with E-state index in [4.69, 9.17) is 0 Å². The highest BCUT2D eigenvalue weighted by Crippen LogP contribution is 2.06. The smallest absolute Gasteiger partial charge is 0.300 e. The lowest BCUT2D eigenvalue weighted by Gasteiger charge is -2.14. The molecule has 1 heterocycles. The van der Waals surface area contributed by atoms with E-state index in [9.17, 15) is 9.59 Å². The number of rotatable bonds is 2. The average molecular weight is 276 g/mol. The first-order valence-electron chi connectivity index (χ1n) is 4.47. The van der Waals surface area contributed by atoms with Crippen LogP contribution < -0.4 is 11.2 Å². The van der Waals surface area contributed by atoms with E-state index in [-0.39, 0.29) is 17.9 Å². The van der Waals surface area contributed by atoms with Crippen molar-refractivity contribution in [2.24, 2.45) is 7.05 Å². The van der Waals surface area contributed by atoms with Crippen molar-refractivity contribution in [2.75, 3.05) is 14.1 Å². The standard InChI is InChI=1S/C9H14BrN3O2/c1-6-7(10)8(14)13(5-11(2)3)9(15)12(6)4/h5H2,1-4H3. The minimum absolute atomic E-state index is 0.282. The Labute approximate surface area is 96.1 Å². The minimum atomic E-state index is -0.297. The molecule has 0 fully saturated rings. The van der Waals surface area contributed by atoms with Crippen molar-refractivity contribution in [1.82, 2.24) is 14.0 Å². The summed E-state index contributed by atoms with van der Waals surface area (Å²) in [6.07, 6.45) is 0. The zero-order valence-corrected chi connectivity index (χ0v) is 10.8. The van der Waals surface area contributed by atoms with Crippen LogP contribution in [0.5, 0.6) is 0 Å². The third-order valence-corrected chi connectivity index (χ3v) is 3.11. The first-order valence-corrected chi connectivity index (χ1v) is 5.26. The van der Waals surface area contributed by atoms with E-state index in [0.29, 0.717) is 10.2 Å². The maximum absolute atomic E-state index is 11.8.